The second-order valence-electron chi connectivity index (χ2n) is 7.41. The van der Waals surface area contributed by atoms with Crippen molar-refractivity contribution >= 4 is 5.84 Å². The number of likely N-dealkylation sites (tertiary alicyclic amines) is 1. The number of allylic oxidation sites excluding steroid dienone is 15. The molecule has 0 unspecified atom stereocenters. The molecule has 0 aromatic heterocycles. The van der Waals surface area contributed by atoms with Gasteiger partial charge in [-0.1, -0.05) is 91.5 Å². The van der Waals surface area contributed by atoms with Gasteiger partial charge in [-0.05, 0) is 44.3 Å². The molecule has 0 bridgehead atoms. The highest BCUT2D eigenvalue weighted by atomic mass is 15.2. The van der Waals surface area contributed by atoms with Gasteiger partial charge in [-0.3, -0.25) is 0 Å². The maximum Gasteiger partial charge on any atom is 0.111 e. The van der Waals surface area contributed by atoms with Crippen LogP contribution in [-0.4, -0.2) is 17.3 Å². The van der Waals surface area contributed by atoms with Crippen molar-refractivity contribution in [1.82, 2.24) is 4.90 Å². The molecule has 0 aromatic carbocycles. The maximum absolute atomic E-state index is 4.88. The van der Waals surface area contributed by atoms with E-state index in [9.17, 15) is 0 Å². The molecule has 150 valence electrons. The Labute approximate surface area is 176 Å². The number of rotatable bonds is 8. The van der Waals surface area contributed by atoms with Crippen LogP contribution in [0, 0.1) is 0 Å². The van der Waals surface area contributed by atoms with Crippen LogP contribution in [-0.2, 0) is 0 Å². The summed E-state index contributed by atoms with van der Waals surface area (Å²) in [5.74, 6) is 1.15. The van der Waals surface area contributed by atoms with Crippen LogP contribution in [0.2, 0.25) is 0 Å². The molecule has 3 rings (SSSR count). The molecule has 0 atom stereocenters. The van der Waals surface area contributed by atoms with Crippen LogP contribution in [0.1, 0.15) is 45.4 Å². The minimum absolute atomic E-state index is 0.943. The lowest BCUT2D eigenvalue weighted by Gasteiger charge is -2.36. The van der Waals surface area contributed by atoms with Crippen molar-refractivity contribution in [2.75, 3.05) is 6.54 Å². The Kier molecular flexibility index (Phi) is 8.06. The smallest absolute Gasteiger partial charge is 0.111 e. The van der Waals surface area contributed by atoms with Gasteiger partial charge in [-0.25, -0.2) is 4.99 Å². The first-order valence-corrected chi connectivity index (χ1v) is 10.7. The fourth-order valence-electron chi connectivity index (χ4n) is 3.40. The number of aliphatic imine (C=N–C) groups is 1. The Hall–Kier alpha value is -2.87. The van der Waals surface area contributed by atoms with Crippen molar-refractivity contribution in [3.05, 3.63) is 108 Å². The quantitative estimate of drug-likeness (QED) is 0.407. The summed E-state index contributed by atoms with van der Waals surface area (Å²) in [6, 6.07) is 0. The predicted molar refractivity (Wildman–Crippen MR) is 127 cm³/mol. The van der Waals surface area contributed by atoms with Crippen LogP contribution >= 0.6 is 0 Å². The summed E-state index contributed by atoms with van der Waals surface area (Å²) in [6.45, 7) is 7.48. The van der Waals surface area contributed by atoms with Gasteiger partial charge in [-0.15, -0.1) is 0 Å². The minimum Gasteiger partial charge on any atom is -0.330 e. The zero-order valence-electron chi connectivity index (χ0n) is 17.6. The maximum atomic E-state index is 4.88. The normalized spacial score (nSPS) is 20.5. The standard InChI is InChI=1S/C27H32N2/c1-3-12-26(20-18-23(2)17-19-24-13-8-4-5-9-14-24)29-22-21-27(29)28-25-15-10-6-7-11-16-25/h4-8,10,12-16,18,20H,2-3,9,11,17,19,21-22H2,1H3/b20-18-,26-12+,28-27+. The van der Waals surface area contributed by atoms with Crippen molar-refractivity contribution in [1.29, 1.82) is 0 Å². The van der Waals surface area contributed by atoms with Gasteiger partial charge < -0.3 is 4.90 Å². The number of amidine groups is 1. The largest absolute Gasteiger partial charge is 0.330 e. The minimum atomic E-state index is 0.943. The lowest BCUT2D eigenvalue weighted by molar-refractivity contribution is 0.449. The Morgan fingerprint density at radius 2 is 1.86 bits per heavy atom. The van der Waals surface area contributed by atoms with E-state index in [-0.39, 0.29) is 0 Å². The Balaban J connectivity index is 1.59. The topological polar surface area (TPSA) is 15.6 Å². The molecular weight excluding hydrogens is 352 g/mol. The van der Waals surface area contributed by atoms with Crippen LogP contribution in [0.5, 0.6) is 0 Å². The number of hydrogen-bond donors (Lipinski definition) is 0. The molecule has 0 amide bonds. The van der Waals surface area contributed by atoms with Crippen LogP contribution in [0.15, 0.2) is 113 Å². The molecule has 0 aromatic rings. The van der Waals surface area contributed by atoms with E-state index in [0.717, 1.165) is 62.2 Å². The van der Waals surface area contributed by atoms with Gasteiger partial charge in [0.05, 0.1) is 5.70 Å². The number of nitrogens with zero attached hydrogens (tertiary/aromatic N) is 2. The molecule has 0 N–H and O–H groups in total. The summed E-state index contributed by atoms with van der Waals surface area (Å²) >= 11 is 0. The third kappa shape index (κ3) is 6.60. The van der Waals surface area contributed by atoms with E-state index in [1.165, 1.54) is 11.3 Å². The summed E-state index contributed by atoms with van der Waals surface area (Å²) < 4.78 is 0. The van der Waals surface area contributed by atoms with Crippen molar-refractivity contribution in [2.24, 2.45) is 4.99 Å². The Bertz CT molecular complexity index is 866. The molecule has 2 aliphatic carbocycles. The average Bonchev–Trinajstić information content (AvgIpc) is 3.13. The van der Waals surface area contributed by atoms with Crippen molar-refractivity contribution in [3.63, 3.8) is 0 Å². The number of hydrogen-bond acceptors (Lipinski definition) is 1. The summed E-state index contributed by atoms with van der Waals surface area (Å²) in [5.41, 5.74) is 4.84. The lowest BCUT2D eigenvalue weighted by Crippen LogP contribution is -2.42. The first-order valence-electron chi connectivity index (χ1n) is 10.7. The molecule has 1 aliphatic heterocycles. The zero-order valence-corrected chi connectivity index (χ0v) is 17.6. The van der Waals surface area contributed by atoms with Gasteiger partial charge in [0.1, 0.15) is 5.84 Å². The Morgan fingerprint density at radius 1 is 1.07 bits per heavy atom. The van der Waals surface area contributed by atoms with Gasteiger partial charge in [0, 0.05) is 18.7 Å². The fourth-order valence-corrected chi connectivity index (χ4v) is 3.40. The first-order chi connectivity index (χ1) is 14.3. The van der Waals surface area contributed by atoms with Gasteiger partial charge in [0.2, 0.25) is 0 Å². The summed E-state index contributed by atoms with van der Waals surface area (Å²) in [4.78, 5) is 7.20. The summed E-state index contributed by atoms with van der Waals surface area (Å²) in [6.07, 6.45) is 34.2. The molecule has 2 heteroatoms. The molecule has 0 saturated carbocycles. The van der Waals surface area contributed by atoms with Crippen molar-refractivity contribution < 1.29 is 0 Å². The third-order valence-corrected chi connectivity index (χ3v) is 5.13. The summed E-state index contributed by atoms with van der Waals surface area (Å²) in [7, 11) is 0. The molecule has 0 spiro atoms. The Morgan fingerprint density at radius 3 is 2.62 bits per heavy atom. The predicted octanol–water partition coefficient (Wildman–Crippen LogP) is 7.12. The molecule has 1 heterocycles. The molecule has 29 heavy (non-hydrogen) atoms. The highest BCUT2D eigenvalue weighted by Crippen LogP contribution is 2.23. The van der Waals surface area contributed by atoms with Gasteiger partial charge >= 0.3 is 0 Å². The van der Waals surface area contributed by atoms with Gasteiger partial charge in [0.15, 0.2) is 0 Å². The third-order valence-electron chi connectivity index (χ3n) is 5.13. The first kappa shape index (κ1) is 20.9. The van der Waals surface area contributed by atoms with Crippen molar-refractivity contribution in [3.8, 4) is 0 Å². The molecule has 1 fully saturated rings. The van der Waals surface area contributed by atoms with Gasteiger partial charge in [0.25, 0.3) is 0 Å². The molecule has 0 radical (unpaired) electrons. The van der Waals surface area contributed by atoms with E-state index in [0.29, 0.717) is 0 Å². The monoisotopic (exact) mass is 384 g/mol. The lowest BCUT2D eigenvalue weighted by atomic mass is 10.0. The highest BCUT2D eigenvalue weighted by Gasteiger charge is 2.24. The molecule has 2 nitrogen and oxygen atoms in total. The van der Waals surface area contributed by atoms with E-state index in [1.807, 2.05) is 0 Å². The van der Waals surface area contributed by atoms with Crippen LogP contribution in [0.3, 0.4) is 0 Å². The highest BCUT2D eigenvalue weighted by molar-refractivity contribution is 5.90. The molecule has 3 aliphatic rings. The van der Waals surface area contributed by atoms with Crippen LogP contribution in [0.25, 0.3) is 0 Å². The van der Waals surface area contributed by atoms with E-state index in [4.69, 9.17) is 4.99 Å². The van der Waals surface area contributed by atoms with Crippen LogP contribution in [0.4, 0.5) is 0 Å². The second-order valence-corrected chi connectivity index (χ2v) is 7.41. The van der Waals surface area contributed by atoms with Crippen LogP contribution < -0.4 is 0 Å². The zero-order chi connectivity index (χ0) is 20.3. The van der Waals surface area contributed by atoms with Crippen molar-refractivity contribution in [2.45, 2.75) is 45.4 Å². The van der Waals surface area contributed by atoms with E-state index < -0.39 is 0 Å². The molecular formula is C27H32N2. The average molecular weight is 385 g/mol. The summed E-state index contributed by atoms with van der Waals surface area (Å²) in [5, 5.41) is 0. The molecule has 1 saturated heterocycles. The van der Waals surface area contributed by atoms with E-state index in [1.54, 1.807) is 0 Å². The van der Waals surface area contributed by atoms with E-state index in [2.05, 4.69) is 97.4 Å². The fraction of sp³-hybridized carbons (Fsp3) is 0.296. The van der Waals surface area contributed by atoms with Gasteiger partial charge in [-0.2, -0.15) is 0 Å². The van der Waals surface area contributed by atoms with E-state index >= 15 is 0 Å². The second kappa shape index (κ2) is 11.2. The SMILES string of the molecule is C=C(/C=C\C(=C/CC)N1CC/C1=N\C1=CCC=CC=C1)CCC1=CCC=CC=C1.